The lowest BCUT2D eigenvalue weighted by atomic mass is 9.97. The first-order valence-electron chi connectivity index (χ1n) is 7.00. The molecule has 0 aromatic heterocycles. The molecule has 0 radical (unpaired) electrons. The zero-order chi connectivity index (χ0) is 16.0. The predicted octanol–water partition coefficient (Wildman–Crippen LogP) is 3.59. The minimum absolute atomic E-state index is 0.226. The first kappa shape index (κ1) is 17.9. The maximum absolute atomic E-state index is 12.6. The Kier molecular flexibility index (Phi) is 6.57. The number of nitriles is 1. The second-order valence-corrected chi connectivity index (χ2v) is 6.90. The van der Waals surface area contributed by atoms with Crippen molar-refractivity contribution in [3.63, 3.8) is 0 Å². The summed E-state index contributed by atoms with van der Waals surface area (Å²) in [7, 11) is -3.13. The fraction of sp³-hybridized carbons (Fsp3) is 0.533. The Labute approximate surface area is 126 Å². The molecule has 2 N–H and O–H groups in total. The van der Waals surface area contributed by atoms with Crippen LogP contribution in [-0.2, 0) is 19.8 Å². The van der Waals surface area contributed by atoms with Crippen LogP contribution in [0, 0.1) is 25.2 Å². The summed E-state index contributed by atoms with van der Waals surface area (Å²) in [6.45, 7) is 8.06. The predicted molar refractivity (Wildman–Crippen MR) is 83.0 cm³/mol. The van der Waals surface area contributed by atoms with E-state index >= 15 is 0 Å². The second kappa shape index (κ2) is 7.72. The highest BCUT2D eigenvalue weighted by atomic mass is 31.2. The summed E-state index contributed by atoms with van der Waals surface area (Å²) in [6, 6.07) is 5.17. The summed E-state index contributed by atoms with van der Waals surface area (Å²) in [5.74, 6) is 0. The molecule has 0 saturated heterocycles. The third-order valence-electron chi connectivity index (χ3n) is 3.21. The molecule has 0 heterocycles. The molecule has 0 saturated carbocycles. The van der Waals surface area contributed by atoms with E-state index in [-0.39, 0.29) is 6.16 Å². The molecule has 6 heteroatoms. The summed E-state index contributed by atoms with van der Waals surface area (Å²) < 4.78 is 23.2. The fourth-order valence-electron chi connectivity index (χ4n) is 2.20. The molecular formula is C15H23N2O3P. The normalized spacial score (nSPS) is 13.0. The number of rotatable bonds is 7. The summed E-state index contributed by atoms with van der Waals surface area (Å²) in [5, 5.41) is 8.94. The van der Waals surface area contributed by atoms with Gasteiger partial charge < -0.3 is 14.8 Å². The van der Waals surface area contributed by atoms with Crippen LogP contribution in [0.5, 0.6) is 0 Å². The van der Waals surface area contributed by atoms with Gasteiger partial charge in [-0.15, -0.1) is 0 Å². The first-order chi connectivity index (χ1) is 9.86. The third kappa shape index (κ3) is 4.66. The lowest BCUT2D eigenvalue weighted by molar-refractivity contribution is 0.219. The van der Waals surface area contributed by atoms with Crippen molar-refractivity contribution in [3.05, 3.63) is 34.4 Å². The number of benzene rings is 1. The minimum atomic E-state index is -3.13. The van der Waals surface area contributed by atoms with E-state index < -0.39 is 13.6 Å². The molecule has 1 aromatic carbocycles. The molecule has 0 fully saturated rings. The van der Waals surface area contributed by atoms with E-state index in [1.54, 1.807) is 13.8 Å². The summed E-state index contributed by atoms with van der Waals surface area (Å²) >= 11 is 0. The highest BCUT2D eigenvalue weighted by Gasteiger charge is 2.25. The molecule has 1 atom stereocenters. The number of aryl methyl sites for hydroxylation is 2. The van der Waals surface area contributed by atoms with Gasteiger partial charge in [-0.25, -0.2) is 0 Å². The van der Waals surface area contributed by atoms with Crippen LogP contribution in [-0.4, -0.2) is 13.2 Å². The minimum Gasteiger partial charge on any atom is -0.312 e. The molecule has 0 aliphatic rings. The molecule has 0 aliphatic heterocycles. The molecule has 0 bridgehead atoms. The van der Waals surface area contributed by atoms with Crippen molar-refractivity contribution >= 4 is 7.60 Å². The molecule has 1 unspecified atom stereocenters. The maximum atomic E-state index is 12.6. The molecule has 116 valence electrons. The van der Waals surface area contributed by atoms with Crippen LogP contribution in [0.2, 0.25) is 0 Å². The van der Waals surface area contributed by atoms with Gasteiger partial charge in [0.1, 0.15) is 6.04 Å². The van der Waals surface area contributed by atoms with Crippen LogP contribution in [0.15, 0.2) is 12.1 Å². The number of hydrogen-bond donors (Lipinski definition) is 1. The lowest BCUT2D eigenvalue weighted by Gasteiger charge is -2.19. The highest BCUT2D eigenvalue weighted by molar-refractivity contribution is 7.53. The van der Waals surface area contributed by atoms with Crippen LogP contribution in [0.3, 0.4) is 0 Å². The van der Waals surface area contributed by atoms with Gasteiger partial charge in [-0.1, -0.05) is 12.1 Å². The summed E-state index contributed by atoms with van der Waals surface area (Å²) in [4.78, 5) is 0. The molecule has 0 aliphatic carbocycles. The van der Waals surface area contributed by atoms with E-state index in [1.807, 2.05) is 32.0 Å². The van der Waals surface area contributed by atoms with Crippen LogP contribution in [0.1, 0.15) is 42.1 Å². The molecule has 5 nitrogen and oxygen atoms in total. The number of nitrogens with zero attached hydrogens (tertiary/aromatic N) is 1. The van der Waals surface area contributed by atoms with Gasteiger partial charge in [-0.3, -0.25) is 4.57 Å². The van der Waals surface area contributed by atoms with Crippen molar-refractivity contribution < 1.29 is 13.6 Å². The molecule has 1 aromatic rings. The van der Waals surface area contributed by atoms with Gasteiger partial charge in [0.15, 0.2) is 0 Å². The Bertz CT molecular complexity index is 571. The Balaban J connectivity index is 3.12. The zero-order valence-corrected chi connectivity index (χ0v) is 13.9. The van der Waals surface area contributed by atoms with E-state index in [0.717, 1.165) is 22.3 Å². The van der Waals surface area contributed by atoms with Gasteiger partial charge in [0, 0.05) is 0 Å². The third-order valence-corrected chi connectivity index (χ3v) is 5.25. The topological polar surface area (TPSA) is 85.3 Å². The van der Waals surface area contributed by atoms with Crippen LogP contribution >= 0.6 is 7.60 Å². The van der Waals surface area contributed by atoms with Crippen molar-refractivity contribution in [1.29, 1.82) is 5.26 Å². The highest BCUT2D eigenvalue weighted by Crippen LogP contribution is 2.51. The smallest absolute Gasteiger partial charge is 0.312 e. The Hall–Kier alpha value is -1.18. The van der Waals surface area contributed by atoms with Crippen LogP contribution in [0.25, 0.3) is 0 Å². The van der Waals surface area contributed by atoms with Crippen LogP contribution < -0.4 is 5.73 Å². The van der Waals surface area contributed by atoms with Crippen molar-refractivity contribution in [2.24, 2.45) is 5.73 Å². The Morgan fingerprint density at radius 3 is 2.29 bits per heavy atom. The van der Waals surface area contributed by atoms with Crippen molar-refractivity contribution in [3.8, 4) is 6.07 Å². The van der Waals surface area contributed by atoms with Gasteiger partial charge in [0.05, 0.1) is 25.4 Å². The lowest BCUT2D eigenvalue weighted by Crippen LogP contribution is -2.10. The SMILES string of the molecule is CCOP(=O)(Cc1cc(C)c(C(N)C#N)cc1C)OCC. The zero-order valence-electron chi connectivity index (χ0n) is 13.0. The van der Waals surface area contributed by atoms with Gasteiger partial charge >= 0.3 is 7.60 Å². The van der Waals surface area contributed by atoms with E-state index in [4.69, 9.17) is 20.0 Å². The number of hydrogen-bond acceptors (Lipinski definition) is 5. The largest absolute Gasteiger partial charge is 0.335 e. The van der Waals surface area contributed by atoms with Crippen LogP contribution in [0.4, 0.5) is 0 Å². The van der Waals surface area contributed by atoms with Gasteiger partial charge in [-0.05, 0) is 49.9 Å². The molecular weight excluding hydrogens is 287 g/mol. The molecule has 21 heavy (non-hydrogen) atoms. The van der Waals surface area contributed by atoms with Crippen molar-refractivity contribution in [2.45, 2.75) is 39.9 Å². The fourth-order valence-corrected chi connectivity index (χ4v) is 4.01. The molecule has 0 amide bonds. The molecule has 0 spiro atoms. The maximum Gasteiger partial charge on any atom is 0.335 e. The number of nitrogens with two attached hydrogens (primary N) is 1. The summed E-state index contributed by atoms with van der Waals surface area (Å²) in [5.41, 5.74) is 9.30. The Morgan fingerprint density at radius 1 is 1.24 bits per heavy atom. The van der Waals surface area contributed by atoms with Gasteiger partial charge in [0.25, 0.3) is 0 Å². The average molecular weight is 310 g/mol. The monoisotopic (exact) mass is 310 g/mol. The quantitative estimate of drug-likeness (QED) is 0.778. The first-order valence-corrected chi connectivity index (χ1v) is 8.73. The molecule has 1 rings (SSSR count). The van der Waals surface area contributed by atoms with E-state index in [2.05, 4.69) is 0 Å². The summed E-state index contributed by atoms with van der Waals surface area (Å²) in [6.07, 6.45) is 0.226. The van der Waals surface area contributed by atoms with Gasteiger partial charge in [0.2, 0.25) is 0 Å². The van der Waals surface area contributed by atoms with E-state index in [9.17, 15) is 4.57 Å². The van der Waals surface area contributed by atoms with Gasteiger partial charge in [-0.2, -0.15) is 5.26 Å². The van der Waals surface area contributed by atoms with E-state index in [1.165, 1.54) is 0 Å². The standard InChI is InChI=1S/C15H23N2O3P/c1-5-19-21(18,20-6-2)10-13-7-12(4)14(8-11(13)3)15(17)9-16/h7-8,15H,5-6,10,17H2,1-4H3. The van der Waals surface area contributed by atoms with Crippen molar-refractivity contribution in [1.82, 2.24) is 0 Å². The van der Waals surface area contributed by atoms with E-state index in [0.29, 0.717) is 13.2 Å². The Morgan fingerprint density at radius 2 is 1.81 bits per heavy atom. The average Bonchev–Trinajstić information content (AvgIpc) is 2.42. The second-order valence-electron chi connectivity index (χ2n) is 4.85. The van der Waals surface area contributed by atoms with Crippen molar-refractivity contribution in [2.75, 3.05) is 13.2 Å².